The number of thioether (sulfide) groups is 1. The number of anilines is 1. The van der Waals surface area contributed by atoms with Gasteiger partial charge < -0.3 is 5.32 Å². The van der Waals surface area contributed by atoms with Crippen LogP contribution in [0.15, 0.2) is 59.5 Å². The summed E-state index contributed by atoms with van der Waals surface area (Å²) < 4.78 is 37.9. The number of alkyl halides is 3. The second-order valence-corrected chi connectivity index (χ2v) is 6.06. The summed E-state index contributed by atoms with van der Waals surface area (Å²) in [5, 5.41) is 2.10. The maximum atomic E-state index is 12.6. The molecule has 0 aliphatic heterocycles. The first-order valence-electron chi connectivity index (χ1n) is 6.56. The van der Waals surface area contributed by atoms with Crippen molar-refractivity contribution < 1.29 is 18.0 Å². The van der Waals surface area contributed by atoms with Crippen molar-refractivity contribution in [2.45, 2.75) is 23.2 Å². The zero-order valence-electron chi connectivity index (χ0n) is 11.7. The Morgan fingerprint density at radius 1 is 1.09 bits per heavy atom. The van der Waals surface area contributed by atoms with E-state index in [2.05, 4.69) is 5.32 Å². The summed E-state index contributed by atoms with van der Waals surface area (Å²) in [6.45, 7) is 1.71. The Kier molecular flexibility index (Phi) is 5.13. The maximum absolute atomic E-state index is 12.6. The molecule has 0 unspecified atom stereocenters. The highest BCUT2D eigenvalue weighted by molar-refractivity contribution is 8.00. The van der Waals surface area contributed by atoms with Crippen LogP contribution in [0.25, 0.3) is 0 Å². The Morgan fingerprint density at radius 2 is 1.77 bits per heavy atom. The standard InChI is InChI=1S/C16H14F3NOS/c1-11(22-14-8-3-2-4-9-14)15(21)20-13-7-5-6-12(10-13)16(17,18)19/h2-11H,1H3,(H,20,21)/t11-/m0/s1. The number of hydrogen-bond donors (Lipinski definition) is 1. The first-order valence-corrected chi connectivity index (χ1v) is 7.44. The van der Waals surface area contributed by atoms with Crippen LogP contribution in [0, 0.1) is 0 Å². The predicted octanol–water partition coefficient (Wildman–Crippen LogP) is 4.82. The summed E-state index contributed by atoms with van der Waals surface area (Å²) >= 11 is 1.35. The molecule has 0 aliphatic carbocycles. The van der Waals surface area contributed by atoms with Crippen molar-refractivity contribution in [1.82, 2.24) is 0 Å². The Morgan fingerprint density at radius 3 is 2.41 bits per heavy atom. The van der Waals surface area contributed by atoms with Gasteiger partial charge in [0.25, 0.3) is 0 Å². The van der Waals surface area contributed by atoms with E-state index in [1.165, 1.54) is 23.9 Å². The second kappa shape index (κ2) is 6.87. The van der Waals surface area contributed by atoms with E-state index in [9.17, 15) is 18.0 Å². The van der Waals surface area contributed by atoms with Gasteiger partial charge in [-0.2, -0.15) is 13.2 Å². The third kappa shape index (κ3) is 4.53. The zero-order valence-corrected chi connectivity index (χ0v) is 12.5. The molecular formula is C16H14F3NOS. The highest BCUT2D eigenvalue weighted by Crippen LogP contribution is 2.31. The molecule has 0 aromatic heterocycles. The lowest BCUT2D eigenvalue weighted by Gasteiger charge is -2.13. The molecule has 0 fully saturated rings. The highest BCUT2D eigenvalue weighted by Gasteiger charge is 2.30. The van der Waals surface area contributed by atoms with E-state index in [0.29, 0.717) is 0 Å². The van der Waals surface area contributed by atoms with Gasteiger partial charge in [0.05, 0.1) is 10.8 Å². The van der Waals surface area contributed by atoms with E-state index in [1.54, 1.807) is 6.92 Å². The lowest BCUT2D eigenvalue weighted by Crippen LogP contribution is -2.22. The van der Waals surface area contributed by atoms with Gasteiger partial charge in [0.15, 0.2) is 0 Å². The van der Waals surface area contributed by atoms with Crippen LogP contribution >= 0.6 is 11.8 Å². The molecule has 0 heterocycles. The number of carbonyl (C=O) groups excluding carboxylic acids is 1. The van der Waals surface area contributed by atoms with Crippen molar-refractivity contribution >= 4 is 23.4 Å². The van der Waals surface area contributed by atoms with Gasteiger partial charge in [0, 0.05) is 10.6 Å². The summed E-state index contributed by atoms with van der Waals surface area (Å²) in [6, 6.07) is 13.9. The van der Waals surface area contributed by atoms with E-state index in [1.807, 2.05) is 30.3 Å². The number of nitrogens with one attached hydrogen (secondary N) is 1. The van der Waals surface area contributed by atoms with Gasteiger partial charge >= 0.3 is 6.18 Å². The van der Waals surface area contributed by atoms with Gasteiger partial charge in [-0.1, -0.05) is 24.3 Å². The molecule has 2 nitrogen and oxygen atoms in total. The summed E-state index contributed by atoms with van der Waals surface area (Å²) in [5.74, 6) is -0.340. The monoisotopic (exact) mass is 325 g/mol. The smallest absolute Gasteiger partial charge is 0.325 e. The van der Waals surface area contributed by atoms with Gasteiger partial charge in [0.2, 0.25) is 5.91 Å². The molecular weight excluding hydrogens is 311 g/mol. The minimum absolute atomic E-state index is 0.139. The average Bonchev–Trinajstić information content (AvgIpc) is 2.47. The first kappa shape index (κ1) is 16.4. The Balaban J connectivity index is 2.02. The molecule has 1 atom stereocenters. The van der Waals surface area contributed by atoms with Crippen LogP contribution in [0.3, 0.4) is 0 Å². The van der Waals surface area contributed by atoms with Gasteiger partial charge in [-0.05, 0) is 37.3 Å². The molecule has 0 aliphatic rings. The first-order chi connectivity index (χ1) is 10.4. The fraction of sp³-hybridized carbons (Fsp3) is 0.188. The number of amides is 1. The van der Waals surface area contributed by atoms with Crippen LogP contribution in [-0.4, -0.2) is 11.2 Å². The van der Waals surface area contributed by atoms with E-state index < -0.39 is 17.0 Å². The molecule has 0 saturated heterocycles. The number of carbonyl (C=O) groups is 1. The Labute approximate surface area is 130 Å². The molecule has 2 aromatic carbocycles. The van der Waals surface area contributed by atoms with Crippen LogP contribution < -0.4 is 5.32 Å². The Hall–Kier alpha value is -1.95. The van der Waals surface area contributed by atoms with Crippen LogP contribution in [0.4, 0.5) is 18.9 Å². The number of benzene rings is 2. The topological polar surface area (TPSA) is 29.1 Å². The molecule has 0 spiro atoms. The van der Waals surface area contributed by atoms with E-state index in [4.69, 9.17) is 0 Å². The van der Waals surface area contributed by atoms with Gasteiger partial charge in [-0.15, -0.1) is 11.8 Å². The number of hydrogen-bond acceptors (Lipinski definition) is 2. The summed E-state index contributed by atoms with van der Waals surface area (Å²) in [4.78, 5) is 13.0. The zero-order chi connectivity index (χ0) is 16.2. The molecule has 2 rings (SSSR count). The average molecular weight is 325 g/mol. The van der Waals surface area contributed by atoms with Crippen molar-refractivity contribution in [2.75, 3.05) is 5.32 Å². The molecule has 1 N–H and O–H groups in total. The largest absolute Gasteiger partial charge is 0.416 e. The van der Waals surface area contributed by atoms with Gasteiger partial charge in [-0.25, -0.2) is 0 Å². The molecule has 22 heavy (non-hydrogen) atoms. The lowest BCUT2D eigenvalue weighted by molar-refractivity contribution is -0.137. The third-order valence-corrected chi connectivity index (χ3v) is 3.99. The Bertz CT molecular complexity index is 643. The van der Waals surface area contributed by atoms with Crippen molar-refractivity contribution in [3.8, 4) is 0 Å². The summed E-state index contributed by atoms with van der Waals surface area (Å²) in [6.07, 6.45) is -4.43. The van der Waals surface area contributed by atoms with Crippen molar-refractivity contribution in [3.63, 3.8) is 0 Å². The van der Waals surface area contributed by atoms with E-state index in [0.717, 1.165) is 17.0 Å². The van der Waals surface area contributed by atoms with Crippen molar-refractivity contribution in [2.24, 2.45) is 0 Å². The van der Waals surface area contributed by atoms with E-state index >= 15 is 0 Å². The number of rotatable bonds is 4. The van der Waals surface area contributed by atoms with Crippen LogP contribution in [0.2, 0.25) is 0 Å². The van der Waals surface area contributed by atoms with Crippen molar-refractivity contribution in [1.29, 1.82) is 0 Å². The SMILES string of the molecule is C[C@H](Sc1ccccc1)C(=O)Nc1cccc(C(F)(F)F)c1. The van der Waals surface area contributed by atoms with Gasteiger partial charge in [0.1, 0.15) is 0 Å². The fourth-order valence-corrected chi connectivity index (χ4v) is 2.66. The summed E-state index contributed by atoms with van der Waals surface area (Å²) in [5.41, 5.74) is -0.644. The fourth-order valence-electron chi connectivity index (χ4n) is 1.77. The quantitative estimate of drug-likeness (QED) is 0.816. The lowest BCUT2D eigenvalue weighted by atomic mass is 10.2. The van der Waals surface area contributed by atoms with Crippen LogP contribution in [-0.2, 0) is 11.0 Å². The predicted molar refractivity (Wildman–Crippen MR) is 81.8 cm³/mol. The molecule has 6 heteroatoms. The van der Waals surface area contributed by atoms with E-state index in [-0.39, 0.29) is 11.6 Å². The van der Waals surface area contributed by atoms with Crippen LogP contribution in [0.5, 0.6) is 0 Å². The molecule has 2 aromatic rings. The minimum Gasteiger partial charge on any atom is -0.325 e. The molecule has 1 amide bonds. The minimum atomic E-state index is -4.43. The normalized spacial score (nSPS) is 12.7. The molecule has 0 bridgehead atoms. The maximum Gasteiger partial charge on any atom is 0.416 e. The third-order valence-electron chi connectivity index (χ3n) is 2.88. The molecule has 0 saturated carbocycles. The molecule has 0 radical (unpaired) electrons. The summed E-state index contributed by atoms with van der Waals surface area (Å²) in [7, 11) is 0. The van der Waals surface area contributed by atoms with Crippen molar-refractivity contribution in [3.05, 3.63) is 60.2 Å². The molecule has 116 valence electrons. The second-order valence-electron chi connectivity index (χ2n) is 4.64. The number of halogens is 3. The highest BCUT2D eigenvalue weighted by atomic mass is 32.2. The van der Waals surface area contributed by atoms with Crippen LogP contribution in [0.1, 0.15) is 12.5 Å². The van der Waals surface area contributed by atoms with Gasteiger partial charge in [-0.3, -0.25) is 4.79 Å².